The quantitative estimate of drug-likeness (QED) is 0.297. The third-order valence-corrected chi connectivity index (χ3v) is 6.75. The minimum atomic E-state index is -3.76. The second kappa shape index (κ2) is 12.0. The molecule has 1 fully saturated rings. The van der Waals surface area contributed by atoms with E-state index in [1.165, 1.54) is 30.3 Å². The van der Waals surface area contributed by atoms with Crippen molar-refractivity contribution in [1.82, 2.24) is 4.57 Å². The SMILES string of the molecule is CC.CC(C)(C)c1cc2cc(NC(=O)C3(c4ccc5c(c4)OC(F)(F)O5)CC3)c(F)cc2n1CC(O)CO.O=CO. The predicted octanol–water partition coefficient (Wildman–Crippen LogP) is 5.15. The van der Waals surface area contributed by atoms with Crippen LogP contribution in [0.5, 0.6) is 11.5 Å². The molecule has 1 aliphatic heterocycles. The molecule has 1 saturated carbocycles. The van der Waals surface area contributed by atoms with Crippen molar-refractivity contribution in [3.05, 3.63) is 53.5 Å². The Morgan fingerprint density at radius 2 is 1.73 bits per heavy atom. The minimum Gasteiger partial charge on any atom is -0.483 e. The molecule has 1 amide bonds. The summed E-state index contributed by atoms with van der Waals surface area (Å²) in [7, 11) is 0. The highest BCUT2D eigenvalue weighted by molar-refractivity contribution is 6.02. The number of aliphatic hydroxyl groups excluding tert-OH is 2. The number of rotatable bonds is 6. The molecule has 9 nitrogen and oxygen atoms in total. The van der Waals surface area contributed by atoms with E-state index in [0.717, 1.165) is 5.69 Å². The fraction of sp³-hybridized carbons (Fsp3) is 0.448. The number of hydrogen-bond acceptors (Lipinski definition) is 6. The summed E-state index contributed by atoms with van der Waals surface area (Å²) in [5, 5.41) is 29.6. The van der Waals surface area contributed by atoms with Crippen LogP contribution in [-0.4, -0.2) is 51.3 Å². The summed E-state index contributed by atoms with van der Waals surface area (Å²) in [5.74, 6) is -1.36. The molecule has 2 heterocycles. The first kappa shape index (κ1) is 31.8. The van der Waals surface area contributed by atoms with Crippen molar-refractivity contribution in [2.45, 2.75) is 77.2 Å². The number of anilines is 1. The van der Waals surface area contributed by atoms with Crippen molar-refractivity contribution < 1.29 is 47.6 Å². The van der Waals surface area contributed by atoms with Gasteiger partial charge in [0.25, 0.3) is 6.47 Å². The lowest BCUT2D eigenvalue weighted by atomic mass is 9.92. The third kappa shape index (κ3) is 6.59. The number of aromatic nitrogens is 1. The van der Waals surface area contributed by atoms with Crippen LogP contribution in [0.1, 0.15) is 58.7 Å². The van der Waals surface area contributed by atoms with Crippen LogP contribution in [0.4, 0.5) is 18.9 Å². The van der Waals surface area contributed by atoms with Gasteiger partial charge in [0.15, 0.2) is 11.5 Å². The standard InChI is InChI=1S/C26H27F3N2O5.C2H6.CH2O2/c1-24(2,3)22-9-14-8-18(17(27)11-19(14)31(22)12-16(33)13-32)30-23(34)25(6-7-25)15-4-5-20-21(10-15)36-26(28,29)35-20;1-2;2-1-3/h4-5,8-11,16,32-33H,6-7,12-13H2,1-3H3,(H,30,34);1-2H3;1H,(H,2,3). The molecule has 0 bridgehead atoms. The molecule has 3 aromatic rings. The third-order valence-electron chi connectivity index (χ3n) is 6.75. The largest absolute Gasteiger partial charge is 0.586 e. The van der Waals surface area contributed by atoms with Crippen LogP contribution in [0.3, 0.4) is 0 Å². The monoisotopic (exact) mass is 580 g/mol. The average molecular weight is 581 g/mol. The molecule has 224 valence electrons. The van der Waals surface area contributed by atoms with Crippen molar-refractivity contribution in [2.75, 3.05) is 11.9 Å². The van der Waals surface area contributed by atoms with Gasteiger partial charge in [-0.15, -0.1) is 8.78 Å². The maximum absolute atomic E-state index is 15.2. The summed E-state index contributed by atoms with van der Waals surface area (Å²) < 4.78 is 52.7. The van der Waals surface area contributed by atoms with Crippen molar-refractivity contribution in [1.29, 1.82) is 0 Å². The van der Waals surface area contributed by atoms with E-state index < -0.39 is 36.1 Å². The summed E-state index contributed by atoms with van der Waals surface area (Å²) in [6.07, 6.45) is -3.82. The van der Waals surface area contributed by atoms with Crippen LogP contribution in [0.15, 0.2) is 36.4 Å². The summed E-state index contributed by atoms with van der Waals surface area (Å²) in [4.78, 5) is 21.6. The van der Waals surface area contributed by atoms with Crippen molar-refractivity contribution in [3.63, 3.8) is 0 Å². The number of carboxylic acid groups (broad SMARTS) is 1. The van der Waals surface area contributed by atoms with E-state index in [9.17, 15) is 23.8 Å². The van der Waals surface area contributed by atoms with Gasteiger partial charge in [-0.2, -0.15) is 0 Å². The average Bonchev–Trinajstić information content (AvgIpc) is 3.56. The number of hydrogen-bond donors (Lipinski definition) is 4. The molecule has 1 aromatic heterocycles. The Bertz CT molecular complexity index is 1410. The fourth-order valence-corrected chi connectivity index (χ4v) is 4.73. The van der Waals surface area contributed by atoms with Gasteiger partial charge in [0, 0.05) is 22.6 Å². The summed E-state index contributed by atoms with van der Waals surface area (Å²) in [5.41, 5.74) is 0.532. The van der Waals surface area contributed by atoms with E-state index in [-0.39, 0.29) is 35.6 Å². The number of nitrogens with one attached hydrogen (secondary N) is 1. The molecule has 0 spiro atoms. The number of alkyl halides is 2. The Morgan fingerprint density at radius 3 is 2.29 bits per heavy atom. The minimum absolute atomic E-state index is 0.00799. The van der Waals surface area contributed by atoms with Gasteiger partial charge in [0.2, 0.25) is 5.91 Å². The molecule has 12 heteroatoms. The normalized spacial score (nSPS) is 16.5. The molecule has 5 rings (SSSR count). The highest BCUT2D eigenvalue weighted by Gasteiger charge is 2.53. The van der Waals surface area contributed by atoms with E-state index in [4.69, 9.17) is 9.90 Å². The smallest absolute Gasteiger partial charge is 0.483 e. The van der Waals surface area contributed by atoms with E-state index in [1.54, 1.807) is 4.57 Å². The zero-order chi connectivity index (χ0) is 30.8. The lowest BCUT2D eigenvalue weighted by molar-refractivity contribution is -0.286. The van der Waals surface area contributed by atoms with Gasteiger partial charge < -0.3 is 34.7 Å². The van der Waals surface area contributed by atoms with Crippen LogP contribution < -0.4 is 14.8 Å². The first-order valence-corrected chi connectivity index (χ1v) is 13.2. The lowest BCUT2D eigenvalue weighted by Crippen LogP contribution is -2.28. The first-order chi connectivity index (χ1) is 19.2. The van der Waals surface area contributed by atoms with Crippen molar-refractivity contribution in [3.8, 4) is 11.5 Å². The zero-order valence-electron chi connectivity index (χ0n) is 23.5. The van der Waals surface area contributed by atoms with E-state index >= 15 is 4.39 Å². The van der Waals surface area contributed by atoms with Gasteiger partial charge in [-0.05, 0) is 42.7 Å². The van der Waals surface area contributed by atoms with E-state index in [2.05, 4.69) is 14.8 Å². The Labute approximate surface area is 235 Å². The van der Waals surface area contributed by atoms with Gasteiger partial charge in [-0.25, -0.2) is 4.39 Å². The fourth-order valence-electron chi connectivity index (χ4n) is 4.73. The van der Waals surface area contributed by atoms with Crippen LogP contribution in [0, 0.1) is 5.82 Å². The Hall–Kier alpha value is -3.77. The Kier molecular flexibility index (Phi) is 9.29. The molecule has 2 aromatic carbocycles. The van der Waals surface area contributed by atoms with Crippen molar-refractivity contribution in [2.24, 2.45) is 0 Å². The van der Waals surface area contributed by atoms with Gasteiger partial charge in [-0.3, -0.25) is 9.59 Å². The van der Waals surface area contributed by atoms with Gasteiger partial charge >= 0.3 is 6.29 Å². The number of carbonyl (C=O) groups excluding carboxylic acids is 1. The van der Waals surface area contributed by atoms with Crippen LogP contribution in [0.2, 0.25) is 0 Å². The molecular formula is C29H35F3N2O7. The maximum atomic E-state index is 15.2. The van der Waals surface area contributed by atoms with Crippen molar-refractivity contribution >= 4 is 29.0 Å². The predicted molar refractivity (Wildman–Crippen MR) is 146 cm³/mol. The molecule has 0 radical (unpaired) electrons. The zero-order valence-corrected chi connectivity index (χ0v) is 23.5. The number of ether oxygens (including phenoxy) is 2. The summed E-state index contributed by atoms with van der Waals surface area (Å²) >= 11 is 0. The van der Waals surface area contributed by atoms with Gasteiger partial charge in [0.05, 0.1) is 35.9 Å². The Balaban J connectivity index is 0.000000868. The molecule has 1 aliphatic carbocycles. The summed E-state index contributed by atoms with van der Waals surface area (Å²) in [6.45, 7) is 9.37. The maximum Gasteiger partial charge on any atom is 0.586 e. The van der Waals surface area contributed by atoms with Crippen LogP contribution in [0.25, 0.3) is 10.9 Å². The highest BCUT2D eigenvalue weighted by atomic mass is 19.3. The number of benzene rings is 2. The topological polar surface area (TPSA) is 130 Å². The van der Waals surface area contributed by atoms with Crippen LogP contribution >= 0.6 is 0 Å². The summed E-state index contributed by atoms with van der Waals surface area (Å²) in [6, 6.07) is 8.95. The molecule has 0 saturated heterocycles. The van der Waals surface area contributed by atoms with Crippen LogP contribution in [-0.2, 0) is 27.0 Å². The highest BCUT2D eigenvalue weighted by Crippen LogP contribution is 2.52. The number of fused-ring (bicyclic) bond motifs is 2. The molecule has 1 atom stereocenters. The number of carbonyl (C=O) groups is 2. The second-order valence-corrected chi connectivity index (χ2v) is 10.6. The number of amides is 1. The number of halogens is 3. The second-order valence-electron chi connectivity index (χ2n) is 10.6. The molecule has 2 aliphatic rings. The lowest BCUT2D eigenvalue weighted by Gasteiger charge is -2.23. The molecule has 1 unspecified atom stereocenters. The molecular weight excluding hydrogens is 545 g/mol. The number of nitrogens with zero attached hydrogens (tertiary/aromatic N) is 1. The van der Waals surface area contributed by atoms with E-state index in [1.807, 2.05) is 40.7 Å². The van der Waals surface area contributed by atoms with Gasteiger partial charge in [0.1, 0.15) is 5.82 Å². The van der Waals surface area contributed by atoms with Gasteiger partial charge in [-0.1, -0.05) is 40.7 Å². The molecule has 41 heavy (non-hydrogen) atoms. The Morgan fingerprint density at radius 1 is 1.12 bits per heavy atom. The molecule has 4 N–H and O–H groups in total. The first-order valence-electron chi connectivity index (χ1n) is 13.2. The van der Waals surface area contributed by atoms with E-state index in [0.29, 0.717) is 29.3 Å². The number of aliphatic hydroxyl groups is 2.